The number of carbonyl (C=O) groups is 3. The summed E-state index contributed by atoms with van der Waals surface area (Å²) in [5, 5.41) is 2.12. The molecule has 12 heterocycles. The lowest BCUT2D eigenvalue weighted by molar-refractivity contribution is -0.137. The van der Waals surface area contributed by atoms with Gasteiger partial charge in [0, 0.05) is 205 Å². The second-order valence-electron chi connectivity index (χ2n) is 39.9. The van der Waals surface area contributed by atoms with Crippen molar-refractivity contribution in [2.75, 3.05) is 112 Å². The smallest absolute Gasteiger partial charge is 0.256 e. The molecule has 4 saturated heterocycles. The number of carbonyl (C=O) groups excluding carboxylic acids is 3. The maximum atomic E-state index is 14.2. The highest BCUT2D eigenvalue weighted by molar-refractivity contribution is 7.89. The van der Waals surface area contributed by atoms with E-state index >= 15 is 0 Å². The summed E-state index contributed by atoms with van der Waals surface area (Å²) >= 11 is 18.5. The van der Waals surface area contributed by atoms with Crippen molar-refractivity contribution in [3.05, 3.63) is 396 Å². The number of aromatic nitrogens is 8. The highest BCUT2D eigenvalue weighted by atomic mass is 35.5. The summed E-state index contributed by atoms with van der Waals surface area (Å²) in [5.41, 5.74) is 25.3. The molecule has 18 aromatic rings. The number of hydrogen-bond acceptors (Lipinski definition) is 14. The molecular weight excluding hydrogens is 1940 g/mol. The van der Waals surface area contributed by atoms with E-state index in [9.17, 15) is 27.2 Å². The topological polar surface area (TPSA) is 190 Å². The van der Waals surface area contributed by atoms with Crippen LogP contribution in [-0.2, 0) is 45.8 Å². The molecule has 3 amide bonds. The van der Waals surface area contributed by atoms with Crippen LogP contribution in [0, 0.1) is 17.2 Å². The predicted molar refractivity (Wildman–Crippen MR) is 594 cm³/mol. The van der Waals surface area contributed by atoms with E-state index in [1.807, 2.05) is 150 Å². The van der Waals surface area contributed by atoms with E-state index < -0.39 is 15.8 Å². The van der Waals surface area contributed by atoms with E-state index in [2.05, 4.69) is 215 Å². The fraction of sp³-hybridized carbons (Fsp3) is 0.254. The molecule has 0 spiro atoms. The molecule has 1 aliphatic carbocycles. The highest BCUT2D eigenvalue weighted by Crippen LogP contribution is 2.39. The van der Waals surface area contributed by atoms with Crippen molar-refractivity contribution < 1.29 is 31.9 Å². The van der Waals surface area contributed by atoms with E-state index in [0.29, 0.717) is 92.7 Å². The van der Waals surface area contributed by atoms with Crippen LogP contribution in [0.4, 0.5) is 4.39 Å². The molecule has 0 N–H and O–H groups in total. The summed E-state index contributed by atoms with van der Waals surface area (Å²) in [7, 11) is -1.84. The summed E-state index contributed by atoms with van der Waals surface area (Å²) in [4.78, 5) is 74.3. The van der Waals surface area contributed by atoms with Crippen LogP contribution in [-0.4, -0.2) is 214 Å². The van der Waals surface area contributed by atoms with E-state index in [-0.39, 0.29) is 28.7 Å². The van der Waals surface area contributed by atoms with Gasteiger partial charge in [-0.15, -0.1) is 0 Å². The van der Waals surface area contributed by atoms with Crippen LogP contribution in [0.15, 0.2) is 351 Å². The van der Waals surface area contributed by atoms with Crippen molar-refractivity contribution in [3.8, 4) is 95.3 Å². The van der Waals surface area contributed by atoms with Crippen LogP contribution in [0.5, 0.6) is 5.75 Å². The summed E-state index contributed by atoms with van der Waals surface area (Å²) in [6.45, 7) is 20.4. The Labute approximate surface area is 884 Å². The number of amides is 3. The summed E-state index contributed by atoms with van der Waals surface area (Å²) in [6, 6.07) is 105. The minimum Gasteiger partial charge on any atom is -0.497 e. The monoisotopic (exact) mass is 2060 g/mol. The SMILES string of the molecule is CC(C)(C)CC(=O)N1CCN(Cc2c(-c3ccc(Cl)cc3)nc3ccc(-c4ccccc4)cn23)CC1.COc1cccc(-c2nc3ccc(-c4ccccc4)cn3c2CN2CCN(S(=O)(=O)c3ccccc3)CC2)c1.O=C(C1CCCC1)N1CCN(Cc2c(-c3ccc(Cl)cc3)nc3ccc(-c4ccccc4)cn23)CC1.O=C(c1ccccc1F)N1CCN(Cc2c(-c3ccc(Cl)cc3)nc3ccc(-c4ccccc4)cn23)CC1. The van der Waals surface area contributed by atoms with Crippen molar-refractivity contribution in [1.29, 1.82) is 0 Å². The van der Waals surface area contributed by atoms with Crippen LogP contribution >= 0.6 is 34.8 Å². The zero-order valence-electron chi connectivity index (χ0n) is 84.2. The Morgan fingerprint density at radius 3 is 1.00 bits per heavy atom. The molecule has 0 atom stereocenters. The first-order chi connectivity index (χ1) is 72.5. The van der Waals surface area contributed by atoms with Crippen molar-refractivity contribution in [1.82, 2.24) is 76.1 Å². The van der Waals surface area contributed by atoms with Crippen LogP contribution in [0.1, 0.15) is 86.0 Å². The van der Waals surface area contributed by atoms with Crippen molar-refractivity contribution in [2.24, 2.45) is 11.3 Å². The molecule has 27 heteroatoms. The largest absolute Gasteiger partial charge is 0.497 e. The fourth-order valence-electron chi connectivity index (χ4n) is 20.6. The number of pyridine rings is 4. The first-order valence-corrected chi connectivity index (χ1v) is 53.8. The average Bonchev–Trinajstić information content (AvgIpc) is 1.64. The van der Waals surface area contributed by atoms with Gasteiger partial charge in [-0.25, -0.2) is 32.7 Å². The Bertz CT molecular complexity index is 7840. The molecule has 0 radical (unpaired) electrons. The zero-order chi connectivity index (χ0) is 103. The lowest BCUT2D eigenvalue weighted by Gasteiger charge is -2.36. The molecule has 1 saturated carbocycles. The number of fused-ring (bicyclic) bond motifs is 4. The second-order valence-corrected chi connectivity index (χ2v) is 43.2. The van der Waals surface area contributed by atoms with Crippen LogP contribution < -0.4 is 4.74 Å². The van der Waals surface area contributed by atoms with Gasteiger partial charge < -0.3 is 37.0 Å². The molecule has 758 valence electrons. The number of piperazine rings is 4. The number of nitrogens with zero attached hydrogens (tertiary/aromatic N) is 16. The molecule has 0 bridgehead atoms. The maximum Gasteiger partial charge on any atom is 0.256 e. The van der Waals surface area contributed by atoms with E-state index in [1.165, 1.54) is 35.7 Å². The van der Waals surface area contributed by atoms with Crippen molar-refractivity contribution in [3.63, 3.8) is 0 Å². The standard InChI is InChI=1S/C31H26ClFN4O.C31H30N4O3S.C30H31ClN4O.C30H33ClN4O/c32-25-13-10-23(11-14-25)30-28(37-20-24(12-15-29(37)34-30)22-6-2-1-3-7-22)21-35-16-18-36(19-17-35)31(38)26-8-4-5-9-27(26)33;1-38-27-12-8-11-25(21-27)31-29(35-22-26(15-16-30(35)32-31)24-9-4-2-5-10-24)23-33-17-19-34(20-18-33)39(36,37)28-13-6-3-7-14-28;31-26-13-10-23(11-14-26)29-27(21-33-16-18-34(19-17-33)30(36)24-8-4-5-9-24)35-20-25(12-15-28(35)32-29)22-6-2-1-3-7-22;1-30(2,3)19-28(36)34-17-15-33(16-18-34)21-26-29(23-9-12-25(31)13-10-23)32-27-14-11-24(20-35(26)27)22-7-5-4-6-8-22/h1-15,20H,16-19,21H2;2-16,21-22H,17-20,23H2,1H3;1-3,6-7,10-15,20,24H,4-5,8-9,16-19,21H2;4-14,20H,15-19,21H2,1-3H3. The van der Waals surface area contributed by atoms with Crippen LogP contribution in [0.2, 0.25) is 15.1 Å². The normalized spacial score (nSPS) is 15.3. The Hall–Kier alpha value is -14.3. The van der Waals surface area contributed by atoms with Gasteiger partial charge in [0.1, 0.15) is 34.2 Å². The quantitative estimate of drug-likeness (QED) is 0.0623. The Morgan fingerprint density at radius 2 is 0.651 bits per heavy atom. The van der Waals surface area contributed by atoms with Gasteiger partial charge in [0.25, 0.3) is 5.91 Å². The van der Waals surface area contributed by atoms with E-state index in [0.717, 1.165) is 207 Å². The number of benzene rings is 10. The third-order valence-electron chi connectivity index (χ3n) is 28.8. The molecule has 0 unspecified atom stereocenters. The molecular formula is C122H120Cl3FN16O6S. The zero-order valence-corrected chi connectivity index (χ0v) is 87.3. The van der Waals surface area contributed by atoms with Gasteiger partial charge in [0.15, 0.2) is 0 Å². The van der Waals surface area contributed by atoms with Gasteiger partial charge in [0.2, 0.25) is 21.8 Å². The number of rotatable bonds is 22. The molecule has 5 fully saturated rings. The van der Waals surface area contributed by atoms with Crippen LogP contribution in [0.3, 0.4) is 0 Å². The third-order valence-corrected chi connectivity index (χ3v) is 31.4. The fourth-order valence-corrected chi connectivity index (χ4v) is 22.4. The first kappa shape index (κ1) is 102. The number of halogens is 4. The van der Waals surface area contributed by atoms with E-state index in [1.54, 1.807) is 58.8 Å². The van der Waals surface area contributed by atoms with Gasteiger partial charge in [-0.2, -0.15) is 4.31 Å². The molecule has 10 aromatic carbocycles. The first-order valence-electron chi connectivity index (χ1n) is 51.2. The van der Waals surface area contributed by atoms with Crippen LogP contribution in [0.25, 0.3) is 112 Å². The number of methoxy groups -OCH3 is 1. The summed E-state index contributed by atoms with van der Waals surface area (Å²) < 4.78 is 56.3. The van der Waals surface area contributed by atoms with Gasteiger partial charge >= 0.3 is 0 Å². The number of imidazole rings is 4. The Kier molecular flexibility index (Phi) is 31.6. The average molecular weight is 2060 g/mol. The molecule has 5 aliphatic rings. The summed E-state index contributed by atoms with van der Waals surface area (Å²) in [5.74, 6) is 0.922. The molecule has 149 heavy (non-hydrogen) atoms. The Morgan fingerprint density at radius 1 is 0.342 bits per heavy atom. The summed E-state index contributed by atoms with van der Waals surface area (Å²) in [6.07, 6.45) is 13.8. The lowest BCUT2D eigenvalue weighted by atomic mass is 9.91. The minimum atomic E-state index is -3.50. The second kappa shape index (κ2) is 46.2. The van der Waals surface area contributed by atoms with Crippen molar-refractivity contribution >= 4 is 85.1 Å². The molecule has 4 aliphatic heterocycles. The van der Waals surface area contributed by atoms with Crippen molar-refractivity contribution in [2.45, 2.75) is 83.9 Å². The number of ether oxygens (including phenoxy) is 1. The number of hydrogen-bond donors (Lipinski definition) is 0. The highest BCUT2D eigenvalue weighted by Gasteiger charge is 2.35. The van der Waals surface area contributed by atoms with Gasteiger partial charge in [-0.1, -0.05) is 269 Å². The molecule has 23 rings (SSSR count). The number of sulfonamides is 1. The van der Waals surface area contributed by atoms with E-state index in [4.69, 9.17) is 59.5 Å². The Balaban J connectivity index is 0.000000120. The lowest BCUT2D eigenvalue weighted by Crippen LogP contribution is -2.49. The molecule has 22 nitrogen and oxygen atoms in total. The predicted octanol–water partition coefficient (Wildman–Crippen LogP) is 24.2. The molecule has 8 aromatic heterocycles. The van der Waals surface area contributed by atoms with Gasteiger partial charge in [-0.05, 0) is 184 Å². The van der Waals surface area contributed by atoms with Gasteiger partial charge in [-0.3, -0.25) is 34.0 Å². The van der Waals surface area contributed by atoms with Gasteiger partial charge in [0.05, 0.1) is 63.1 Å². The third kappa shape index (κ3) is 24.0. The minimum absolute atomic E-state index is 0.00860. The maximum absolute atomic E-state index is 14.2.